The van der Waals surface area contributed by atoms with Crippen LogP contribution in [-0.4, -0.2) is 5.78 Å². The zero-order chi connectivity index (χ0) is 9.68. The minimum atomic E-state index is 0.221. The van der Waals surface area contributed by atoms with Crippen LogP contribution in [0.1, 0.15) is 17.5 Å². The lowest BCUT2D eigenvalue weighted by Crippen LogP contribution is -2.00. The quantitative estimate of drug-likeness (QED) is 0.641. The lowest BCUT2D eigenvalue weighted by atomic mass is 10.1. The Morgan fingerprint density at radius 3 is 2.54 bits per heavy atom. The monoisotopic (exact) mass is 174 g/mol. The van der Waals surface area contributed by atoms with Gasteiger partial charge in [-0.1, -0.05) is 35.9 Å². The maximum absolute atomic E-state index is 11.2. The number of rotatable bonds is 4. The van der Waals surface area contributed by atoms with Gasteiger partial charge in [0.15, 0.2) is 0 Å². The van der Waals surface area contributed by atoms with E-state index < -0.39 is 0 Å². The number of carbonyl (C=O) groups excluding carboxylic acids is 1. The first-order valence-electron chi connectivity index (χ1n) is 4.40. The standard InChI is InChI=1S/C12H14O/c1-3-4-12(13)9-11-7-5-10(2)6-8-11/h3,5-8H,1,4,9H2,2H3. The Labute approximate surface area is 79.1 Å². The molecule has 0 unspecified atom stereocenters. The summed E-state index contributed by atoms with van der Waals surface area (Å²) in [4.78, 5) is 11.2. The van der Waals surface area contributed by atoms with Crippen LogP contribution in [0.5, 0.6) is 0 Å². The Bertz CT molecular complexity index is 295. The maximum Gasteiger partial charge on any atom is 0.140 e. The largest absolute Gasteiger partial charge is 0.299 e. The summed E-state index contributed by atoms with van der Waals surface area (Å²) in [6.07, 6.45) is 2.64. The van der Waals surface area contributed by atoms with Crippen LogP contribution in [0.4, 0.5) is 0 Å². The van der Waals surface area contributed by atoms with Gasteiger partial charge < -0.3 is 0 Å². The van der Waals surface area contributed by atoms with Crippen molar-refractivity contribution in [1.82, 2.24) is 0 Å². The van der Waals surface area contributed by atoms with E-state index in [1.54, 1.807) is 6.08 Å². The van der Waals surface area contributed by atoms with E-state index in [1.165, 1.54) is 5.56 Å². The van der Waals surface area contributed by atoms with Crippen molar-refractivity contribution in [1.29, 1.82) is 0 Å². The van der Waals surface area contributed by atoms with Crippen molar-refractivity contribution < 1.29 is 4.79 Å². The zero-order valence-electron chi connectivity index (χ0n) is 7.92. The van der Waals surface area contributed by atoms with E-state index in [1.807, 2.05) is 31.2 Å². The molecule has 0 aliphatic rings. The smallest absolute Gasteiger partial charge is 0.140 e. The topological polar surface area (TPSA) is 17.1 Å². The van der Waals surface area contributed by atoms with Gasteiger partial charge in [-0.05, 0) is 12.5 Å². The van der Waals surface area contributed by atoms with E-state index in [-0.39, 0.29) is 5.78 Å². The molecule has 0 spiro atoms. The highest BCUT2D eigenvalue weighted by atomic mass is 16.1. The first kappa shape index (κ1) is 9.72. The van der Waals surface area contributed by atoms with E-state index in [2.05, 4.69) is 6.58 Å². The predicted molar refractivity (Wildman–Crippen MR) is 54.7 cm³/mol. The molecular weight excluding hydrogens is 160 g/mol. The number of allylic oxidation sites excluding steroid dienone is 1. The molecule has 13 heavy (non-hydrogen) atoms. The third-order valence-corrected chi connectivity index (χ3v) is 1.89. The van der Waals surface area contributed by atoms with Crippen LogP contribution in [0, 0.1) is 6.92 Å². The molecule has 0 N–H and O–H groups in total. The molecule has 68 valence electrons. The summed E-state index contributed by atoms with van der Waals surface area (Å²) >= 11 is 0. The second-order valence-electron chi connectivity index (χ2n) is 3.19. The maximum atomic E-state index is 11.2. The molecule has 0 amide bonds. The first-order valence-corrected chi connectivity index (χ1v) is 4.40. The number of Topliss-reactive ketones (excluding diaryl/α,β-unsaturated/α-hetero) is 1. The summed E-state index contributed by atoms with van der Waals surface area (Å²) in [6, 6.07) is 8.04. The molecule has 0 aromatic heterocycles. The SMILES string of the molecule is C=CCC(=O)Cc1ccc(C)cc1. The Morgan fingerprint density at radius 1 is 1.38 bits per heavy atom. The Hall–Kier alpha value is -1.37. The van der Waals surface area contributed by atoms with Gasteiger partial charge in [0.1, 0.15) is 5.78 Å². The molecule has 0 saturated heterocycles. The van der Waals surface area contributed by atoms with Crippen LogP contribution in [0.15, 0.2) is 36.9 Å². The summed E-state index contributed by atoms with van der Waals surface area (Å²) in [5.74, 6) is 0.221. The van der Waals surface area contributed by atoms with Gasteiger partial charge in [0, 0.05) is 12.8 Å². The first-order chi connectivity index (χ1) is 6.22. The van der Waals surface area contributed by atoms with Crippen LogP contribution in [-0.2, 0) is 11.2 Å². The summed E-state index contributed by atoms with van der Waals surface area (Å²) in [6.45, 7) is 5.57. The lowest BCUT2D eigenvalue weighted by molar-refractivity contribution is -0.117. The van der Waals surface area contributed by atoms with Crippen molar-refractivity contribution in [2.24, 2.45) is 0 Å². The average Bonchev–Trinajstić information content (AvgIpc) is 2.09. The molecule has 0 bridgehead atoms. The van der Waals surface area contributed by atoms with Gasteiger partial charge in [-0.3, -0.25) is 4.79 Å². The summed E-state index contributed by atoms with van der Waals surface area (Å²) in [7, 11) is 0. The van der Waals surface area contributed by atoms with E-state index in [4.69, 9.17) is 0 Å². The molecule has 1 rings (SSSR count). The fourth-order valence-corrected chi connectivity index (χ4v) is 1.17. The summed E-state index contributed by atoms with van der Waals surface area (Å²) in [5, 5.41) is 0. The highest BCUT2D eigenvalue weighted by Gasteiger charge is 2.00. The highest BCUT2D eigenvalue weighted by Crippen LogP contribution is 2.05. The van der Waals surface area contributed by atoms with E-state index >= 15 is 0 Å². The van der Waals surface area contributed by atoms with Crippen molar-refractivity contribution in [3.05, 3.63) is 48.0 Å². The van der Waals surface area contributed by atoms with Crippen molar-refractivity contribution in [2.75, 3.05) is 0 Å². The number of benzene rings is 1. The molecule has 1 aromatic carbocycles. The third-order valence-electron chi connectivity index (χ3n) is 1.89. The molecule has 0 aliphatic carbocycles. The Morgan fingerprint density at radius 2 is 2.00 bits per heavy atom. The van der Waals surface area contributed by atoms with Crippen molar-refractivity contribution in [3.8, 4) is 0 Å². The predicted octanol–water partition coefficient (Wildman–Crippen LogP) is 2.68. The van der Waals surface area contributed by atoms with Crippen molar-refractivity contribution in [2.45, 2.75) is 19.8 Å². The van der Waals surface area contributed by atoms with Crippen LogP contribution in [0.3, 0.4) is 0 Å². The normalized spacial score (nSPS) is 9.62. The summed E-state index contributed by atoms with van der Waals surface area (Å²) < 4.78 is 0. The second kappa shape index (κ2) is 4.61. The van der Waals surface area contributed by atoms with E-state index in [9.17, 15) is 4.79 Å². The lowest BCUT2D eigenvalue weighted by Gasteiger charge is -1.99. The zero-order valence-corrected chi connectivity index (χ0v) is 7.92. The van der Waals surface area contributed by atoms with Gasteiger partial charge in [-0.2, -0.15) is 0 Å². The molecule has 0 aliphatic heterocycles. The summed E-state index contributed by atoms with van der Waals surface area (Å²) in [5.41, 5.74) is 2.30. The van der Waals surface area contributed by atoms with Crippen LogP contribution in [0.25, 0.3) is 0 Å². The molecule has 1 nitrogen and oxygen atoms in total. The molecule has 0 fully saturated rings. The van der Waals surface area contributed by atoms with E-state index in [0.717, 1.165) is 5.56 Å². The molecular formula is C12H14O. The molecule has 0 saturated carbocycles. The molecule has 1 aromatic rings. The minimum Gasteiger partial charge on any atom is -0.299 e. The van der Waals surface area contributed by atoms with E-state index in [0.29, 0.717) is 12.8 Å². The molecule has 1 heteroatoms. The highest BCUT2D eigenvalue weighted by molar-refractivity contribution is 5.82. The van der Waals surface area contributed by atoms with Crippen molar-refractivity contribution >= 4 is 5.78 Å². The van der Waals surface area contributed by atoms with Gasteiger partial charge in [-0.25, -0.2) is 0 Å². The molecule has 0 radical (unpaired) electrons. The fourth-order valence-electron chi connectivity index (χ4n) is 1.17. The van der Waals surface area contributed by atoms with Crippen LogP contribution >= 0.6 is 0 Å². The number of hydrogen-bond acceptors (Lipinski definition) is 1. The van der Waals surface area contributed by atoms with Gasteiger partial charge in [0.2, 0.25) is 0 Å². The van der Waals surface area contributed by atoms with Crippen molar-refractivity contribution in [3.63, 3.8) is 0 Å². The van der Waals surface area contributed by atoms with Crippen LogP contribution < -0.4 is 0 Å². The average molecular weight is 174 g/mol. The minimum absolute atomic E-state index is 0.221. The molecule has 0 atom stereocenters. The number of carbonyl (C=O) groups is 1. The Balaban J connectivity index is 2.59. The second-order valence-corrected chi connectivity index (χ2v) is 3.19. The Kier molecular flexibility index (Phi) is 3.44. The third kappa shape index (κ3) is 3.24. The van der Waals surface area contributed by atoms with Gasteiger partial charge >= 0.3 is 0 Å². The van der Waals surface area contributed by atoms with Gasteiger partial charge in [0.25, 0.3) is 0 Å². The number of hydrogen-bond donors (Lipinski definition) is 0. The van der Waals surface area contributed by atoms with Crippen LogP contribution in [0.2, 0.25) is 0 Å². The number of aryl methyl sites for hydroxylation is 1. The van der Waals surface area contributed by atoms with Gasteiger partial charge in [0.05, 0.1) is 0 Å². The number of ketones is 1. The molecule has 0 heterocycles. The van der Waals surface area contributed by atoms with Gasteiger partial charge in [-0.15, -0.1) is 6.58 Å². The fraction of sp³-hybridized carbons (Fsp3) is 0.250.